The summed E-state index contributed by atoms with van der Waals surface area (Å²) in [7, 11) is 0. The van der Waals surface area contributed by atoms with E-state index in [1.54, 1.807) is 34.9 Å². The third-order valence-corrected chi connectivity index (χ3v) is 6.78. The maximum absolute atomic E-state index is 13.6. The fourth-order valence-corrected chi connectivity index (χ4v) is 4.96. The number of fused-ring (bicyclic) bond motifs is 2. The lowest BCUT2D eigenvalue weighted by Crippen LogP contribution is -2.24. The average molecular weight is 495 g/mol. The number of carbonyl (C=O) groups excluding carboxylic acids is 1. The molecule has 1 N–H and O–H groups in total. The van der Waals surface area contributed by atoms with E-state index in [2.05, 4.69) is 19.2 Å². The van der Waals surface area contributed by atoms with Crippen LogP contribution < -0.4 is 10.9 Å². The molecule has 3 aromatic carbocycles. The van der Waals surface area contributed by atoms with Crippen LogP contribution in [-0.2, 0) is 4.79 Å². The number of carbonyl (C=O) groups is 1. The summed E-state index contributed by atoms with van der Waals surface area (Å²) in [5.41, 5.74) is 2.98. The molecule has 0 saturated heterocycles. The van der Waals surface area contributed by atoms with Gasteiger partial charge in [0.05, 0.1) is 22.3 Å². The zero-order valence-corrected chi connectivity index (χ0v) is 20.5. The molecule has 2 aromatic heterocycles. The first kappa shape index (κ1) is 23.4. The summed E-state index contributed by atoms with van der Waals surface area (Å²) in [5.74, 6) is -0.131. The van der Waals surface area contributed by atoms with Crippen molar-refractivity contribution < 1.29 is 9.21 Å². The second kappa shape index (κ2) is 9.72. The molecule has 0 radical (unpaired) electrons. The Labute approximate surface area is 211 Å². The maximum atomic E-state index is 13.6. The van der Waals surface area contributed by atoms with Crippen LogP contribution in [0.3, 0.4) is 0 Å². The van der Waals surface area contributed by atoms with Crippen LogP contribution in [0.2, 0.25) is 0 Å². The number of hydrogen-bond donors (Lipinski definition) is 1. The van der Waals surface area contributed by atoms with Crippen LogP contribution in [0, 0.1) is 11.3 Å². The van der Waals surface area contributed by atoms with Gasteiger partial charge in [-0.1, -0.05) is 68.1 Å². The predicted molar refractivity (Wildman–Crippen MR) is 142 cm³/mol. The van der Waals surface area contributed by atoms with E-state index in [4.69, 9.17) is 9.40 Å². The Kier molecular flexibility index (Phi) is 6.32. The van der Waals surface area contributed by atoms with Gasteiger partial charge in [-0.25, -0.2) is 4.98 Å². The van der Waals surface area contributed by atoms with Crippen LogP contribution in [-0.4, -0.2) is 21.2 Å². The molecule has 1 amide bonds. The number of thioether (sulfide) groups is 1. The SMILES string of the molecule is CC(C)c1ccccc1-n1c(SCC(=O)Nc2c(C#N)oc3ccccc23)nc2ccccc2c1=O. The predicted octanol–water partition coefficient (Wildman–Crippen LogP) is 5.86. The van der Waals surface area contributed by atoms with Crippen LogP contribution in [0.25, 0.3) is 27.6 Å². The van der Waals surface area contributed by atoms with Crippen molar-refractivity contribution in [2.45, 2.75) is 24.9 Å². The number of aromatic nitrogens is 2. The third-order valence-electron chi connectivity index (χ3n) is 5.84. The lowest BCUT2D eigenvalue weighted by atomic mass is 10.0. The fraction of sp³-hybridized carbons (Fsp3) is 0.143. The first-order valence-electron chi connectivity index (χ1n) is 11.4. The lowest BCUT2D eigenvalue weighted by Gasteiger charge is -2.18. The minimum Gasteiger partial charge on any atom is -0.443 e. The number of rotatable bonds is 6. The molecule has 0 spiro atoms. The van der Waals surface area contributed by atoms with E-state index in [0.29, 0.717) is 32.7 Å². The largest absolute Gasteiger partial charge is 0.443 e. The smallest absolute Gasteiger partial charge is 0.266 e. The van der Waals surface area contributed by atoms with Gasteiger partial charge in [0, 0.05) is 5.39 Å². The van der Waals surface area contributed by atoms with E-state index >= 15 is 0 Å². The minimum absolute atomic E-state index is 0.0149. The normalized spacial score (nSPS) is 11.2. The molecule has 0 aliphatic carbocycles. The standard InChI is InChI=1S/C28H22N4O3S/c1-17(2)18-9-4-7-13-22(18)32-27(34)19-10-3-6-12-21(19)30-28(32)36-16-25(33)31-26-20-11-5-8-14-23(20)35-24(26)15-29/h3-14,17H,16H2,1-2H3,(H,31,33). The van der Waals surface area contributed by atoms with Crippen LogP contribution in [0.4, 0.5) is 5.69 Å². The second-order valence-electron chi connectivity index (χ2n) is 8.52. The maximum Gasteiger partial charge on any atom is 0.266 e. The van der Waals surface area contributed by atoms with Crippen LogP contribution >= 0.6 is 11.8 Å². The highest BCUT2D eigenvalue weighted by molar-refractivity contribution is 7.99. The number of anilines is 1. The van der Waals surface area contributed by atoms with Gasteiger partial charge in [0.15, 0.2) is 5.16 Å². The molecule has 0 saturated carbocycles. The Morgan fingerprint density at radius 3 is 2.53 bits per heavy atom. The molecule has 36 heavy (non-hydrogen) atoms. The third kappa shape index (κ3) is 4.25. The molecule has 2 heterocycles. The Morgan fingerprint density at radius 2 is 1.75 bits per heavy atom. The topological polar surface area (TPSA) is 101 Å². The summed E-state index contributed by atoms with van der Waals surface area (Å²) in [6.07, 6.45) is 0. The highest BCUT2D eigenvalue weighted by atomic mass is 32.2. The van der Waals surface area contributed by atoms with Crippen molar-refractivity contribution >= 4 is 45.2 Å². The monoisotopic (exact) mass is 494 g/mol. The molecule has 5 rings (SSSR count). The zero-order chi connectivity index (χ0) is 25.2. The Balaban J connectivity index is 1.52. The minimum atomic E-state index is -0.339. The molecular weight excluding hydrogens is 472 g/mol. The van der Waals surface area contributed by atoms with Crippen LogP contribution in [0.1, 0.15) is 31.1 Å². The summed E-state index contributed by atoms with van der Waals surface area (Å²) in [6.45, 7) is 4.14. The van der Waals surface area contributed by atoms with Crippen molar-refractivity contribution in [2.24, 2.45) is 0 Å². The van der Waals surface area contributed by atoms with Gasteiger partial charge in [-0.3, -0.25) is 14.2 Å². The molecule has 0 unspecified atom stereocenters. The van der Waals surface area contributed by atoms with Crippen molar-refractivity contribution in [3.05, 3.63) is 94.5 Å². The van der Waals surface area contributed by atoms with Crippen LogP contribution in [0.15, 0.2) is 87.2 Å². The highest BCUT2D eigenvalue weighted by Crippen LogP contribution is 2.31. The Morgan fingerprint density at radius 1 is 1.06 bits per heavy atom. The van der Waals surface area contributed by atoms with Gasteiger partial charge in [0.25, 0.3) is 5.56 Å². The van der Waals surface area contributed by atoms with Crippen molar-refractivity contribution in [3.63, 3.8) is 0 Å². The summed E-state index contributed by atoms with van der Waals surface area (Å²) >= 11 is 1.17. The molecular formula is C28H22N4O3S. The van der Waals surface area contributed by atoms with Gasteiger partial charge in [-0.05, 0) is 41.8 Å². The van der Waals surface area contributed by atoms with Gasteiger partial charge < -0.3 is 9.73 Å². The summed E-state index contributed by atoms with van der Waals surface area (Å²) in [4.78, 5) is 31.3. The van der Waals surface area contributed by atoms with E-state index < -0.39 is 0 Å². The average Bonchev–Trinajstić information content (AvgIpc) is 3.25. The Bertz CT molecular complexity index is 1710. The van der Waals surface area contributed by atoms with Crippen molar-refractivity contribution in [1.29, 1.82) is 5.26 Å². The van der Waals surface area contributed by atoms with Crippen LogP contribution in [0.5, 0.6) is 0 Å². The quantitative estimate of drug-likeness (QED) is 0.234. The first-order valence-corrected chi connectivity index (χ1v) is 12.4. The number of para-hydroxylation sites is 3. The van der Waals surface area contributed by atoms with E-state index in [9.17, 15) is 14.9 Å². The van der Waals surface area contributed by atoms with E-state index in [1.165, 1.54) is 11.8 Å². The molecule has 0 aliphatic heterocycles. The zero-order valence-electron chi connectivity index (χ0n) is 19.7. The van der Waals surface area contributed by atoms with Gasteiger partial charge in [0.2, 0.25) is 11.7 Å². The van der Waals surface area contributed by atoms with Crippen molar-refractivity contribution in [3.8, 4) is 11.8 Å². The second-order valence-corrected chi connectivity index (χ2v) is 9.46. The number of benzene rings is 3. The molecule has 0 aliphatic rings. The summed E-state index contributed by atoms with van der Waals surface area (Å²) in [5, 5.41) is 13.8. The molecule has 0 bridgehead atoms. The first-order chi connectivity index (χ1) is 17.5. The highest BCUT2D eigenvalue weighted by Gasteiger charge is 2.20. The van der Waals surface area contributed by atoms with Gasteiger partial charge >= 0.3 is 0 Å². The van der Waals surface area contributed by atoms with Crippen molar-refractivity contribution in [2.75, 3.05) is 11.1 Å². The number of nitrogens with one attached hydrogen (secondary N) is 1. The van der Waals surface area contributed by atoms with Gasteiger partial charge in [-0.15, -0.1) is 0 Å². The number of nitrogens with zero attached hydrogens (tertiary/aromatic N) is 3. The van der Waals surface area contributed by atoms with E-state index in [0.717, 1.165) is 11.3 Å². The van der Waals surface area contributed by atoms with E-state index in [-0.39, 0.29) is 28.9 Å². The molecule has 0 fully saturated rings. The molecule has 0 atom stereocenters. The van der Waals surface area contributed by atoms with Crippen molar-refractivity contribution in [1.82, 2.24) is 9.55 Å². The molecule has 178 valence electrons. The molecule has 5 aromatic rings. The van der Waals surface area contributed by atoms with E-state index in [1.807, 2.05) is 48.5 Å². The summed E-state index contributed by atoms with van der Waals surface area (Å²) < 4.78 is 7.13. The fourth-order valence-electron chi connectivity index (χ4n) is 4.15. The molecule has 7 nitrogen and oxygen atoms in total. The number of hydrogen-bond acceptors (Lipinski definition) is 6. The summed E-state index contributed by atoms with van der Waals surface area (Å²) in [6, 6.07) is 24.0. The lowest BCUT2D eigenvalue weighted by molar-refractivity contribution is -0.113. The number of amides is 1. The Hall–Kier alpha value is -4.35. The number of nitriles is 1. The van der Waals surface area contributed by atoms with Gasteiger partial charge in [0.1, 0.15) is 17.3 Å². The number of furan rings is 1. The molecule has 8 heteroatoms. The van der Waals surface area contributed by atoms with Gasteiger partial charge in [-0.2, -0.15) is 5.26 Å².